The molecular formula is C9H13BrN2OS. The summed E-state index contributed by atoms with van der Waals surface area (Å²) in [4.78, 5) is 4.22. The van der Waals surface area contributed by atoms with Crippen molar-refractivity contribution in [1.82, 2.24) is 4.98 Å². The zero-order chi connectivity index (χ0) is 10.6. The van der Waals surface area contributed by atoms with Crippen molar-refractivity contribution in [1.29, 1.82) is 0 Å². The van der Waals surface area contributed by atoms with Crippen molar-refractivity contribution in [3.8, 4) is 0 Å². The first kappa shape index (κ1) is 11.7. The molecule has 1 aromatic heterocycles. The fraction of sp³-hybridized carbons (Fsp3) is 0.444. The fourth-order valence-electron chi connectivity index (χ4n) is 1.04. The highest BCUT2D eigenvalue weighted by atomic mass is 79.9. The van der Waals surface area contributed by atoms with E-state index in [2.05, 4.69) is 26.2 Å². The number of halogens is 1. The van der Waals surface area contributed by atoms with E-state index < -0.39 is 10.8 Å². The minimum absolute atomic E-state index is 0.650. The summed E-state index contributed by atoms with van der Waals surface area (Å²) in [5.41, 5.74) is 1.08. The predicted octanol–water partition coefficient (Wildman–Crippen LogP) is 1.94. The highest BCUT2D eigenvalue weighted by Crippen LogP contribution is 2.16. The number of hydrogen-bond donors (Lipinski definition) is 1. The van der Waals surface area contributed by atoms with Crippen molar-refractivity contribution in [2.75, 3.05) is 23.9 Å². The van der Waals surface area contributed by atoms with Crippen molar-refractivity contribution < 1.29 is 4.21 Å². The number of anilines is 1. The molecule has 1 atom stereocenters. The Balaban J connectivity index is 2.55. The number of nitrogens with zero attached hydrogens (tertiary/aromatic N) is 1. The third-order valence-corrected chi connectivity index (χ3v) is 2.94. The monoisotopic (exact) mass is 276 g/mol. The third-order valence-electron chi connectivity index (χ3n) is 1.73. The number of pyridine rings is 1. The number of nitrogens with one attached hydrogen (secondary N) is 1. The Hall–Kier alpha value is -0.420. The van der Waals surface area contributed by atoms with Crippen LogP contribution in [0.4, 0.5) is 5.82 Å². The van der Waals surface area contributed by atoms with Crippen LogP contribution in [0.15, 0.2) is 16.7 Å². The molecule has 0 aliphatic heterocycles. The number of hydrogen-bond acceptors (Lipinski definition) is 3. The number of aromatic nitrogens is 1. The van der Waals surface area contributed by atoms with Gasteiger partial charge in [-0.15, -0.1) is 0 Å². The molecule has 1 heterocycles. The van der Waals surface area contributed by atoms with Crippen LogP contribution in [-0.4, -0.2) is 27.7 Å². The van der Waals surface area contributed by atoms with Crippen molar-refractivity contribution in [2.24, 2.45) is 0 Å². The van der Waals surface area contributed by atoms with Gasteiger partial charge < -0.3 is 5.32 Å². The quantitative estimate of drug-likeness (QED) is 0.914. The van der Waals surface area contributed by atoms with Crippen LogP contribution in [0.5, 0.6) is 0 Å². The molecule has 0 aliphatic rings. The lowest BCUT2D eigenvalue weighted by molar-refractivity contribution is 0.687. The van der Waals surface area contributed by atoms with Crippen molar-refractivity contribution >= 4 is 32.5 Å². The van der Waals surface area contributed by atoms with Gasteiger partial charge in [0, 0.05) is 40.0 Å². The highest BCUT2D eigenvalue weighted by molar-refractivity contribution is 9.10. The fourth-order valence-corrected chi connectivity index (χ4v) is 1.87. The smallest absolute Gasteiger partial charge is 0.128 e. The van der Waals surface area contributed by atoms with Gasteiger partial charge in [-0.2, -0.15) is 0 Å². The zero-order valence-corrected chi connectivity index (χ0v) is 10.6. The van der Waals surface area contributed by atoms with E-state index in [1.807, 2.05) is 13.0 Å². The van der Waals surface area contributed by atoms with Gasteiger partial charge in [-0.3, -0.25) is 4.21 Å². The summed E-state index contributed by atoms with van der Waals surface area (Å²) < 4.78 is 11.8. The largest absolute Gasteiger partial charge is 0.369 e. The average molecular weight is 277 g/mol. The van der Waals surface area contributed by atoms with Gasteiger partial charge in [0.25, 0.3) is 0 Å². The normalized spacial score (nSPS) is 12.5. The Bertz CT molecular complexity index is 344. The molecule has 0 radical (unpaired) electrons. The maximum atomic E-state index is 10.8. The summed E-state index contributed by atoms with van der Waals surface area (Å²) in [5, 5.41) is 3.15. The standard InChI is InChI=1S/C9H13BrN2OS/c1-7-5-8(10)6-12-9(7)11-3-4-14(2)13/h5-6H,3-4H2,1-2H3,(H,11,12)/t14-/m0/s1. The van der Waals surface area contributed by atoms with E-state index in [0.717, 1.165) is 15.9 Å². The summed E-state index contributed by atoms with van der Waals surface area (Å²) in [6.07, 6.45) is 3.45. The second kappa shape index (κ2) is 5.46. The van der Waals surface area contributed by atoms with E-state index in [9.17, 15) is 4.21 Å². The van der Waals surface area contributed by atoms with Gasteiger partial charge in [0.2, 0.25) is 0 Å². The molecule has 1 rings (SSSR count). The second-order valence-corrected chi connectivity index (χ2v) is 5.49. The maximum Gasteiger partial charge on any atom is 0.128 e. The molecule has 1 aromatic rings. The molecule has 14 heavy (non-hydrogen) atoms. The van der Waals surface area contributed by atoms with Crippen molar-refractivity contribution in [2.45, 2.75) is 6.92 Å². The molecule has 1 N–H and O–H groups in total. The van der Waals surface area contributed by atoms with Crippen molar-refractivity contribution in [3.63, 3.8) is 0 Å². The molecule has 0 unspecified atom stereocenters. The van der Waals surface area contributed by atoms with E-state index in [1.165, 1.54) is 0 Å². The van der Waals surface area contributed by atoms with Gasteiger partial charge in [0.15, 0.2) is 0 Å². The molecule has 0 aliphatic carbocycles. The first-order chi connectivity index (χ1) is 6.59. The van der Waals surface area contributed by atoms with Gasteiger partial charge in [-0.25, -0.2) is 4.98 Å². The van der Waals surface area contributed by atoms with Crippen LogP contribution in [0.3, 0.4) is 0 Å². The minimum atomic E-state index is -0.750. The average Bonchev–Trinajstić information content (AvgIpc) is 2.08. The van der Waals surface area contributed by atoms with Crippen LogP contribution in [0.2, 0.25) is 0 Å². The van der Waals surface area contributed by atoms with Gasteiger partial charge >= 0.3 is 0 Å². The van der Waals surface area contributed by atoms with Gasteiger partial charge in [-0.1, -0.05) is 0 Å². The number of aryl methyl sites for hydroxylation is 1. The van der Waals surface area contributed by atoms with Gasteiger partial charge in [0.05, 0.1) is 0 Å². The molecule has 0 saturated heterocycles. The molecule has 0 spiro atoms. The molecule has 0 fully saturated rings. The number of rotatable bonds is 4. The third kappa shape index (κ3) is 3.75. The summed E-state index contributed by atoms with van der Waals surface area (Å²) in [6.45, 7) is 2.68. The van der Waals surface area contributed by atoms with Crippen LogP contribution in [0.1, 0.15) is 5.56 Å². The SMILES string of the molecule is Cc1cc(Br)cnc1NCC[S@](C)=O. The van der Waals surface area contributed by atoms with Gasteiger partial charge in [0.1, 0.15) is 5.82 Å². The van der Waals surface area contributed by atoms with E-state index in [-0.39, 0.29) is 0 Å². The van der Waals surface area contributed by atoms with E-state index in [1.54, 1.807) is 12.5 Å². The minimum Gasteiger partial charge on any atom is -0.369 e. The molecule has 0 bridgehead atoms. The van der Waals surface area contributed by atoms with E-state index in [4.69, 9.17) is 0 Å². The Kier molecular flexibility index (Phi) is 4.54. The van der Waals surface area contributed by atoms with Crippen LogP contribution < -0.4 is 5.32 Å². The van der Waals surface area contributed by atoms with Crippen LogP contribution in [0.25, 0.3) is 0 Å². The van der Waals surface area contributed by atoms with E-state index in [0.29, 0.717) is 12.3 Å². The maximum absolute atomic E-state index is 10.8. The van der Waals surface area contributed by atoms with Crippen LogP contribution in [-0.2, 0) is 10.8 Å². The summed E-state index contributed by atoms with van der Waals surface area (Å²) in [5.74, 6) is 1.51. The summed E-state index contributed by atoms with van der Waals surface area (Å²) in [7, 11) is -0.750. The Morgan fingerprint density at radius 2 is 2.36 bits per heavy atom. The topological polar surface area (TPSA) is 42.0 Å². The van der Waals surface area contributed by atoms with Crippen LogP contribution >= 0.6 is 15.9 Å². The molecule has 0 amide bonds. The first-order valence-corrected chi connectivity index (χ1v) is 6.77. The Morgan fingerprint density at radius 1 is 1.64 bits per heavy atom. The summed E-state index contributed by atoms with van der Waals surface area (Å²) >= 11 is 3.35. The molecule has 0 aromatic carbocycles. The van der Waals surface area contributed by atoms with Crippen molar-refractivity contribution in [3.05, 3.63) is 22.3 Å². The highest BCUT2D eigenvalue weighted by Gasteiger charge is 1.99. The van der Waals surface area contributed by atoms with Gasteiger partial charge in [-0.05, 0) is 34.5 Å². The lowest BCUT2D eigenvalue weighted by Crippen LogP contribution is -2.11. The molecule has 0 saturated carbocycles. The van der Waals surface area contributed by atoms with Crippen LogP contribution in [0, 0.1) is 6.92 Å². The zero-order valence-electron chi connectivity index (χ0n) is 8.21. The summed E-state index contributed by atoms with van der Waals surface area (Å²) in [6, 6.07) is 2.00. The second-order valence-electron chi connectivity index (χ2n) is 3.02. The molecule has 5 heteroatoms. The Morgan fingerprint density at radius 3 is 2.93 bits per heavy atom. The Labute approximate surface area is 94.9 Å². The van der Waals surface area contributed by atoms with E-state index >= 15 is 0 Å². The molecule has 78 valence electrons. The molecular weight excluding hydrogens is 264 g/mol. The lowest BCUT2D eigenvalue weighted by Gasteiger charge is -2.07. The predicted molar refractivity (Wildman–Crippen MR) is 64.1 cm³/mol. The lowest BCUT2D eigenvalue weighted by atomic mass is 10.3. The molecule has 3 nitrogen and oxygen atoms in total. The first-order valence-electron chi connectivity index (χ1n) is 4.25.